The van der Waals surface area contributed by atoms with E-state index in [-0.39, 0.29) is 0 Å². The maximum Gasteiger partial charge on any atom is 0.191 e. The summed E-state index contributed by atoms with van der Waals surface area (Å²) < 4.78 is 23.0. The maximum absolute atomic E-state index is 11.5. The molecule has 2 N–H and O–H groups in total. The number of aliphatic imine (C=N–C) groups is 1. The standard InChI is InChI=1S/C21H29N3O2S/c1-5-22-21(24-15-19-9-6-16(2)14-17(19)3)23-13-12-18-7-10-20(11-8-18)27(4,25)26/h6-11,14H,5,12-13,15H2,1-4H3,(H2,22,23,24). The highest BCUT2D eigenvalue weighted by molar-refractivity contribution is 7.90. The molecule has 0 radical (unpaired) electrons. The summed E-state index contributed by atoms with van der Waals surface area (Å²) in [6, 6.07) is 13.4. The van der Waals surface area contributed by atoms with Crippen molar-refractivity contribution < 1.29 is 8.42 Å². The second kappa shape index (κ2) is 9.55. The summed E-state index contributed by atoms with van der Waals surface area (Å²) in [6.45, 7) is 8.38. The van der Waals surface area contributed by atoms with Gasteiger partial charge in [0.1, 0.15) is 0 Å². The SMILES string of the molecule is CCNC(=NCc1ccc(C)cc1C)NCCc1ccc(S(C)(=O)=O)cc1. The van der Waals surface area contributed by atoms with Gasteiger partial charge in [0, 0.05) is 19.3 Å². The van der Waals surface area contributed by atoms with Crippen LogP contribution >= 0.6 is 0 Å². The Balaban J connectivity index is 1.93. The van der Waals surface area contributed by atoms with Gasteiger partial charge in [0.15, 0.2) is 15.8 Å². The van der Waals surface area contributed by atoms with Gasteiger partial charge >= 0.3 is 0 Å². The number of sulfone groups is 1. The molecule has 0 heterocycles. The minimum atomic E-state index is -3.15. The Hall–Kier alpha value is -2.34. The topological polar surface area (TPSA) is 70.6 Å². The maximum atomic E-state index is 11.5. The first-order chi connectivity index (χ1) is 12.8. The van der Waals surface area contributed by atoms with E-state index in [4.69, 9.17) is 0 Å². The summed E-state index contributed by atoms with van der Waals surface area (Å²) >= 11 is 0. The molecule has 0 spiro atoms. The lowest BCUT2D eigenvalue weighted by atomic mass is 10.1. The molecule has 0 saturated carbocycles. The van der Waals surface area contributed by atoms with Crippen molar-refractivity contribution in [2.24, 2.45) is 4.99 Å². The molecular formula is C21H29N3O2S. The third kappa shape index (κ3) is 6.71. The van der Waals surface area contributed by atoms with Crippen LogP contribution in [-0.2, 0) is 22.8 Å². The summed E-state index contributed by atoms with van der Waals surface area (Å²) in [7, 11) is -3.15. The molecule has 146 valence electrons. The summed E-state index contributed by atoms with van der Waals surface area (Å²) in [5, 5.41) is 6.59. The second-order valence-electron chi connectivity index (χ2n) is 6.72. The number of nitrogens with zero attached hydrogens (tertiary/aromatic N) is 1. The number of hydrogen-bond donors (Lipinski definition) is 2. The van der Waals surface area contributed by atoms with Gasteiger partial charge in [-0.15, -0.1) is 0 Å². The van der Waals surface area contributed by atoms with Gasteiger partial charge in [-0.05, 0) is 56.0 Å². The van der Waals surface area contributed by atoms with Gasteiger partial charge in [-0.3, -0.25) is 0 Å². The highest BCUT2D eigenvalue weighted by atomic mass is 32.2. The van der Waals surface area contributed by atoms with Gasteiger partial charge in [-0.1, -0.05) is 35.9 Å². The third-order valence-corrected chi connectivity index (χ3v) is 5.44. The lowest BCUT2D eigenvalue weighted by Crippen LogP contribution is -2.38. The fraction of sp³-hybridized carbons (Fsp3) is 0.381. The van der Waals surface area contributed by atoms with E-state index in [9.17, 15) is 8.42 Å². The van der Waals surface area contributed by atoms with Crippen LogP contribution in [0.1, 0.15) is 29.2 Å². The molecule has 5 nitrogen and oxygen atoms in total. The molecular weight excluding hydrogens is 358 g/mol. The molecule has 0 aromatic heterocycles. The first-order valence-electron chi connectivity index (χ1n) is 9.17. The largest absolute Gasteiger partial charge is 0.357 e. The van der Waals surface area contributed by atoms with E-state index in [1.807, 2.05) is 19.1 Å². The van der Waals surface area contributed by atoms with E-state index in [0.29, 0.717) is 11.4 Å². The number of guanidine groups is 1. The van der Waals surface area contributed by atoms with Crippen LogP contribution in [0.15, 0.2) is 52.4 Å². The van der Waals surface area contributed by atoms with Gasteiger partial charge in [-0.2, -0.15) is 0 Å². The molecule has 0 bridgehead atoms. The zero-order valence-corrected chi connectivity index (χ0v) is 17.4. The van der Waals surface area contributed by atoms with Crippen LogP contribution < -0.4 is 10.6 Å². The molecule has 0 aliphatic rings. The molecule has 0 unspecified atom stereocenters. The van der Waals surface area contributed by atoms with Gasteiger partial charge in [0.25, 0.3) is 0 Å². The molecule has 2 aromatic carbocycles. The van der Waals surface area contributed by atoms with E-state index in [1.54, 1.807) is 12.1 Å². The summed E-state index contributed by atoms with van der Waals surface area (Å²) in [5.74, 6) is 0.783. The average Bonchev–Trinajstić information content (AvgIpc) is 2.60. The Kier molecular flexibility index (Phi) is 7.42. The number of aryl methyl sites for hydroxylation is 2. The van der Waals surface area contributed by atoms with E-state index in [2.05, 4.69) is 47.7 Å². The van der Waals surface area contributed by atoms with Crippen LogP contribution in [0, 0.1) is 13.8 Å². The zero-order valence-electron chi connectivity index (χ0n) is 16.5. The Labute approximate surface area is 162 Å². The van der Waals surface area contributed by atoms with Crippen molar-refractivity contribution in [2.75, 3.05) is 19.3 Å². The van der Waals surface area contributed by atoms with Crippen LogP contribution in [-0.4, -0.2) is 33.7 Å². The highest BCUT2D eigenvalue weighted by Crippen LogP contribution is 2.12. The Morgan fingerprint density at radius 3 is 2.33 bits per heavy atom. The predicted molar refractivity (Wildman–Crippen MR) is 112 cm³/mol. The molecule has 0 atom stereocenters. The summed E-state index contributed by atoms with van der Waals surface area (Å²) in [5.41, 5.74) is 4.81. The number of benzene rings is 2. The number of nitrogens with one attached hydrogen (secondary N) is 2. The lowest BCUT2D eigenvalue weighted by molar-refractivity contribution is 0.602. The Morgan fingerprint density at radius 2 is 1.74 bits per heavy atom. The van der Waals surface area contributed by atoms with E-state index in [1.165, 1.54) is 22.9 Å². The highest BCUT2D eigenvalue weighted by Gasteiger charge is 2.06. The summed E-state index contributed by atoms with van der Waals surface area (Å²) in [4.78, 5) is 5.02. The van der Waals surface area contributed by atoms with Gasteiger partial charge in [-0.25, -0.2) is 13.4 Å². The zero-order chi connectivity index (χ0) is 19.9. The Bertz CT molecular complexity index is 888. The van der Waals surface area contributed by atoms with Crippen LogP contribution in [0.25, 0.3) is 0 Å². The minimum absolute atomic E-state index is 0.350. The van der Waals surface area contributed by atoms with Crippen molar-refractivity contribution in [3.8, 4) is 0 Å². The second-order valence-corrected chi connectivity index (χ2v) is 8.73. The third-order valence-electron chi connectivity index (χ3n) is 4.31. The van der Waals surface area contributed by atoms with Crippen LogP contribution in [0.2, 0.25) is 0 Å². The number of rotatable bonds is 7. The van der Waals surface area contributed by atoms with Crippen molar-refractivity contribution in [3.63, 3.8) is 0 Å². The molecule has 0 aliphatic carbocycles. The van der Waals surface area contributed by atoms with Gasteiger partial charge in [0.05, 0.1) is 11.4 Å². The molecule has 0 saturated heterocycles. The predicted octanol–water partition coefficient (Wildman–Crippen LogP) is 3.00. The smallest absolute Gasteiger partial charge is 0.191 e. The van der Waals surface area contributed by atoms with Crippen LogP contribution in [0.5, 0.6) is 0 Å². The first-order valence-corrected chi connectivity index (χ1v) is 11.1. The van der Waals surface area contributed by atoms with Crippen molar-refractivity contribution in [1.82, 2.24) is 10.6 Å². The molecule has 6 heteroatoms. The fourth-order valence-electron chi connectivity index (χ4n) is 2.76. The van der Waals surface area contributed by atoms with Gasteiger partial charge in [0.2, 0.25) is 0 Å². The van der Waals surface area contributed by atoms with Gasteiger partial charge < -0.3 is 10.6 Å². The Morgan fingerprint density at radius 1 is 1.04 bits per heavy atom. The van der Waals surface area contributed by atoms with Crippen molar-refractivity contribution in [2.45, 2.75) is 38.6 Å². The van der Waals surface area contributed by atoms with Crippen molar-refractivity contribution in [1.29, 1.82) is 0 Å². The van der Waals surface area contributed by atoms with E-state index >= 15 is 0 Å². The van der Waals surface area contributed by atoms with Crippen molar-refractivity contribution in [3.05, 3.63) is 64.7 Å². The number of hydrogen-bond acceptors (Lipinski definition) is 3. The molecule has 27 heavy (non-hydrogen) atoms. The fourth-order valence-corrected chi connectivity index (χ4v) is 3.39. The molecule has 0 aliphatic heterocycles. The lowest BCUT2D eigenvalue weighted by Gasteiger charge is -2.12. The first kappa shape index (κ1) is 21.0. The summed E-state index contributed by atoms with van der Waals surface area (Å²) in [6.07, 6.45) is 2.01. The normalized spacial score (nSPS) is 12.1. The molecule has 0 fully saturated rings. The molecule has 2 aromatic rings. The van der Waals surface area contributed by atoms with Crippen LogP contribution in [0.3, 0.4) is 0 Å². The van der Waals surface area contributed by atoms with Crippen LogP contribution in [0.4, 0.5) is 0 Å². The quantitative estimate of drug-likeness (QED) is 0.566. The van der Waals surface area contributed by atoms with Crippen molar-refractivity contribution >= 4 is 15.8 Å². The van der Waals surface area contributed by atoms with E-state index < -0.39 is 9.84 Å². The average molecular weight is 388 g/mol. The molecule has 2 rings (SSSR count). The monoisotopic (exact) mass is 387 g/mol. The molecule has 0 amide bonds. The minimum Gasteiger partial charge on any atom is -0.357 e. The van der Waals surface area contributed by atoms with E-state index in [0.717, 1.165) is 31.0 Å².